The van der Waals surface area contributed by atoms with E-state index in [0.29, 0.717) is 0 Å². The summed E-state index contributed by atoms with van der Waals surface area (Å²) in [5.41, 5.74) is 15.4. The number of hydrogen-bond donors (Lipinski definition) is 3. The van der Waals surface area contributed by atoms with Crippen molar-refractivity contribution >= 4 is 22.4 Å². The molecule has 3 atom stereocenters. The number of allylic oxidation sites excluding steroid dienone is 5. The molecule has 3 aromatic carbocycles. The smallest absolute Gasteiger partial charge is 0.120 e. The Bertz CT molecular complexity index is 1750. The molecule has 0 spiro atoms. The van der Waals surface area contributed by atoms with Gasteiger partial charge in [-0.2, -0.15) is 0 Å². The minimum atomic E-state index is -0.157. The Morgan fingerprint density at radius 2 is 1.54 bits per heavy atom. The summed E-state index contributed by atoms with van der Waals surface area (Å²) in [5.74, 6) is 0.980. The predicted octanol–water partition coefficient (Wildman–Crippen LogP) is 11.1. The lowest BCUT2D eigenvalue weighted by Gasteiger charge is -2.41. The first-order valence-corrected chi connectivity index (χ1v) is 17.2. The Hall–Kier alpha value is -4.84. The number of likely N-dealkylation sites (N-methyl/N-ethyl adjacent to an activating group) is 1. The van der Waals surface area contributed by atoms with Gasteiger partial charge in [0.05, 0.1) is 11.6 Å². The molecule has 5 heteroatoms. The number of para-hydroxylation sites is 2. The standard InChI is InChI=1S/C39H43N5.2C2H6/c1-7-11-17-29(10-4)36-26-34(28(8-2)9-3)42-38(43(36)6)30-22-24-32(25-23-30)44-35-21-16-15-20-33(35)37(27(5)40)39(44)41-31-18-13-12-14-19-31;2*1-2/h7-27,36,38,41-42H,1-2,40H2,3-6H3;2*1-2H3/b17-11-,28-9+,29-10+;;. The summed E-state index contributed by atoms with van der Waals surface area (Å²) >= 11 is 0. The summed E-state index contributed by atoms with van der Waals surface area (Å²) in [6.07, 6.45) is 14.3. The van der Waals surface area contributed by atoms with Gasteiger partial charge in [-0.25, -0.2) is 0 Å². The quantitative estimate of drug-likeness (QED) is 0.151. The maximum Gasteiger partial charge on any atom is 0.120 e. The number of nitrogens with one attached hydrogen (secondary N) is 2. The van der Waals surface area contributed by atoms with Gasteiger partial charge in [0.2, 0.25) is 0 Å². The molecule has 1 aromatic heterocycles. The number of rotatable bonds is 10. The minimum absolute atomic E-state index is 0.0565. The molecule has 0 radical (unpaired) electrons. The van der Waals surface area contributed by atoms with Gasteiger partial charge in [0.25, 0.3) is 0 Å². The average molecular weight is 642 g/mol. The maximum absolute atomic E-state index is 6.60. The Morgan fingerprint density at radius 1 is 0.896 bits per heavy atom. The van der Waals surface area contributed by atoms with Gasteiger partial charge < -0.3 is 16.4 Å². The fourth-order valence-electron chi connectivity index (χ4n) is 6.07. The van der Waals surface area contributed by atoms with Gasteiger partial charge in [-0.3, -0.25) is 9.47 Å². The second-order valence-corrected chi connectivity index (χ2v) is 11.1. The van der Waals surface area contributed by atoms with Crippen LogP contribution < -0.4 is 16.4 Å². The third kappa shape index (κ3) is 8.17. The Balaban J connectivity index is 0.00000151. The van der Waals surface area contributed by atoms with Gasteiger partial charge >= 0.3 is 0 Å². The monoisotopic (exact) mass is 641 g/mol. The number of anilines is 2. The van der Waals surface area contributed by atoms with Crippen LogP contribution in [0.2, 0.25) is 0 Å². The van der Waals surface area contributed by atoms with Crippen molar-refractivity contribution in [2.24, 2.45) is 5.73 Å². The molecule has 0 saturated carbocycles. The third-order valence-corrected chi connectivity index (χ3v) is 8.28. The van der Waals surface area contributed by atoms with E-state index in [1.54, 1.807) is 0 Å². The molecule has 4 aromatic rings. The van der Waals surface area contributed by atoms with Crippen LogP contribution in [0.1, 0.15) is 71.8 Å². The van der Waals surface area contributed by atoms with E-state index in [-0.39, 0.29) is 18.2 Å². The highest BCUT2D eigenvalue weighted by atomic mass is 15.3. The number of benzene rings is 3. The second-order valence-electron chi connectivity index (χ2n) is 11.1. The van der Waals surface area contributed by atoms with Crippen LogP contribution in [0, 0.1) is 0 Å². The molecule has 0 fully saturated rings. The number of nitrogens with two attached hydrogens (primary N) is 1. The zero-order valence-corrected chi connectivity index (χ0v) is 30.2. The van der Waals surface area contributed by atoms with E-state index in [2.05, 4.69) is 132 Å². The molecular formula is C43H55N5. The van der Waals surface area contributed by atoms with Crippen LogP contribution in [0.15, 0.2) is 151 Å². The van der Waals surface area contributed by atoms with E-state index in [1.165, 1.54) is 5.57 Å². The molecular weight excluding hydrogens is 587 g/mol. The number of aromatic nitrogens is 1. The normalized spacial score (nSPS) is 17.3. The van der Waals surface area contributed by atoms with Gasteiger partial charge in [0.15, 0.2) is 0 Å². The van der Waals surface area contributed by atoms with Crippen LogP contribution in [0.25, 0.3) is 16.6 Å². The third-order valence-electron chi connectivity index (χ3n) is 8.28. The van der Waals surface area contributed by atoms with Gasteiger partial charge in [-0.15, -0.1) is 0 Å². The largest absolute Gasteiger partial charge is 0.366 e. The fraction of sp³-hybridized carbons (Fsp3) is 0.256. The lowest BCUT2D eigenvalue weighted by atomic mass is 9.96. The van der Waals surface area contributed by atoms with Crippen molar-refractivity contribution in [1.82, 2.24) is 14.8 Å². The topological polar surface area (TPSA) is 58.3 Å². The molecule has 4 N–H and O–H groups in total. The molecule has 48 heavy (non-hydrogen) atoms. The lowest BCUT2D eigenvalue weighted by molar-refractivity contribution is 0.186. The van der Waals surface area contributed by atoms with E-state index in [0.717, 1.165) is 50.5 Å². The zero-order valence-electron chi connectivity index (χ0n) is 30.2. The van der Waals surface area contributed by atoms with Crippen LogP contribution in [0.4, 0.5) is 11.5 Å². The lowest BCUT2D eigenvalue weighted by Crippen LogP contribution is -2.46. The summed E-state index contributed by atoms with van der Waals surface area (Å²) in [5, 5.41) is 8.61. The fourth-order valence-corrected chi connectivity index (χ4v) is 6.07. The van der Waals surface area contributed by atoms with E-state index in [4.69, 9.17) is 5.73 Å². The van der Waals surface area contributed by atoms with Crippen molar-refractivity contribution in [3.8, 4) is 5.69 Å². The predicted molar refractivity (Wildman–Crippen MR) is 211 cm³/mol. The van der Waals surface area contributed by atoms with E-state index < -0.39 is 0 Å². The van der Waals surface area contributed by atoms with E-state index in [1.807, 2.05) is 78.0 Å². The minimum Gasteiger partial charge on any atom is -0.366 e. The van der Waals surface area contributed by atoms with Crippen molar-refractivity contribution in [3.63, 3.8) is 0 Å². The first-order valence-electron chi connectivity index (χ1n) is 17.2. The molecule has 0 aliphatic carbocycles. The van der Waals surface area contributed by atoms with Crippen molar-refractivity contribution in [2.75, 3.05) is 12.4 Å². The zero-order chi connectivity index (χ0) is 35.2. The van der Waals surface area contributed by atoms with Gasteiger partial charge in [0, 0.05) is 34.1 Å². The molecule has 2 heterocycles. The molecule has 1 aliphatic heterocycles. The Labute approximate surface area is 289 Å². The van der Waals surface area contributed by atoms with Crippen molar-refractivity contribution in [3.05, 3.63) is 163 Å². The van der Waals surface area contributed by atoms with Crippen LogP contribution >= 0.6 is 0 Å². The van der Waals surface area contributed by atoms with Gasteiger partial charge in [-0.05, 0) is 80.9 Å². The summed E-state index contributed by atoms with van der Waals surface area (Å²) in [7, 11) is 2.16. The first-order chi connectivity index (χ1) is 23.4. The maximum atomic E-state index is 6.60. The molecule has 0 bridgehead atoms. The van der Waals surface area contributed by atoms with Crippen molar-refractivity contribution in [1.29, 1.82) is 0 Å². The van der Waals surface area contributed by atoms with Crippen LogP contribution in [-0.2, 0) is 0 Å². The Morgan fingerprint density at radius 3 is 2.12 bits per heavy atom. The second kappa shape index (κ2) is 18.5. The molecule has 5 rings (SSSR count). The van der Waals surface area contributed by atoms with E-state index in [9.17, 15) is 0 Å². The number of fused-ring (bicyclic) bond motifs is 1. The molecule has 252 valence electrons. The summed E-state index contributed by atoms with van der Waals surface area (Å²) in [6.45, 7) is 22.1. The van der Waals surface area contributed by atoms with Crippen molar-refractivity contribution < 1.29 is 0 Å². The molecule has 0 saturated heterocycles. The molecule has 0 amide bonds. The average Bonchev–Trinajstić information content (AvgIpc) is 3.46. The first kappa shape index (κ1) is 37.6. The van der Waals surface area contributed by atoms with E-state index >= 15 is 0 Å². The highest BCUT2D eigenvalue weighted by Crippen LogP contribution is 2.39. The Kier molecular flexibility index (Phi) is 14.5. The number of hydrogen-bond acceptors (Lipinski definition) is 4. The highest BCUT2D eigenvalue weighted by molar-refractivity contribution is 5.93. The van der Waals surface area contributed by atoms with Crippen LogP contribution in [0.3, 0.4) is 0 Å². The summed E-state index contributed by atoms with van der Waals surface area (Å²) < 4.78 is 2.28. The summed E-state index contributed by atoms with van der Waals surface area (Å²) in [4.78, 5) is 2.36. The highest BCUT2D eigenvalue weighted by Gasteiger charge is 2.30. The number of nitrogens with zero attached hydrogens (tertiary/aromatic N) is 2. The molecule has 1 aliphatic rings. The molecule has 5 nitrogen and oxygen atoms in total. The van der Waals surface area contributed by atoms with Crippen LogP contribution in [-0.4, -0.2) is 22.6 Å². The SMILES string of the molecule is C=C/C=C\C(=C/C)C1C=C(/C(C=C)=C/C)NC(c2ccc(-n3c(Nc4ccccc4)c(C(C)N)c4ccccc43)cc2)N1C.CC.CC. The van der Waals surface area contributed by atoms with Gasteiger partial charge in [-0.1, -0.05) is 126 Å². The van der Waals surface area contributed by atoms with Crippen molar-refractivity contribution in [2.45, 2.75) is 66.7 Å². The summed E-state index contributed by atoms with van der Waals surface area (Å²) in [6, 6.07) is 27.5. The van der Waals surface area contributed by atoms with Crippen LogP contribution in [0.5, 0.6) is 0 Å². The molecule has 3 unspecified atom stereocenters. The van der Waals surface area contributed by atoms with Gasteiger partial charge in [0.1, 0.15) is 12.0 Å².